The largest absolute Gasteiger partial charge is 0.394 e. The van der Waals surface area contributed by atoms with Gasteiger partial charge in [0, 0.05) is 0 Å². The molecule has 1 aromatic rings. The molecule has 0 saturated carbocycles. The number of ether oxygens (including phenoxy) is 1. The van der Waals surface area contributed by atoms with E-state index in [0.29, 0.717) is 4.57 Å². The van der Waals surface area contributed by atoms with Crippen LogP contribution in [-0.4, -0.2) is 49.2 Å². The minimum atomic E-state index is -3.08. The van der Waals surface area contributed by atoms with Gasteiger partial charge in [0.2, 0.25) is 11.6 Å². The van der Waals surface area contributed by atoms with Crippen molar-refractivity contribution in [1.29, 1.82) is 0 Å². The third-order valence-corrected chi connectivity index (χ3v) is 2.70. The molecule has 4 atom stereocenters. The van der Waals surface area contributed by atoms with Crippen LogP contribution in [0.3, 0.4) is 0 Å². The average Bonchev–Trinajstić information content (AvgIpc) is 2.63. The van der Waals surface area contributed by atoms with Crippen molar-refractivity contribution in [2.24, 2.45) is 0 Å². The molecule has 1 aromatic heterocycles. The molecule has 4 N–H and O–H groups in total. The van der Waals surface area contributed by atoms with Gasteiger partial charge in [0.05, 0.1) is 9.30 Å². The van der Waals surface area contributed by atoms with Crippen molar-refractivity contribution < 1.29 is 22.1 Å². The molecule has 0 bridgehead atoms. The van der Waals surface area contributed by atoms with Crippen molar-refractivity contribution in [2.45, 2.75) is 24.1 Å². The molecule has 1 aliphatic rings. The molecule has 0 amide bonds. The zero-order valence-corrected chi connectivity index (χ0v) is 9.39. The summed E-state index contributed by atoms with van der Waals surface area (Å²) in [5.41, 5.74) is 1.16. The standard InChI is InChI=1S/C10H11FN4O4/c1-2-10(11)6(17)5(3-16)19-7(10)15-4-13-8(12)14-9(15)18/h1,4-7,16-17H,3H2,(H2,12,14,18)/t5-,6+,7-,10?/m1/s1/i3D2. The van der Waals surface area contributed by atoms with Gasteiger partial charge in [-0.05, 0) is 0 Å². The first-order chi connectivity index (χ1) is 9.61. The summed E-state index contributed by atoms with van der Waals surface area (Å²) in [5, 5.41) is 19.1. The van der Waals surface area contributed by atoms with Crippen LogP contribution in [0, 0.1) is 12.3 Å². The number of nitrogens with zero attached hydrogens (tertiary/aromatic N) is 3. The van der Waals surface area contributed by atoms with Crippen LogP contribution in [0.1, 0.15) is 8.97 Å². The van der Waals surface area contributed by atoms with Crippen molar-refractivity contribution >= 4 is 5.95 Å². The van der Waals surface area contributed by atoms with E-state index >= 15 is 0 Å². The van der Waals surface area contributed by atoms with E-state index in [1.165, 1.54) is 0 Å². The lowest BCUT2D eigenvalue weighted by Crippen LogP contribution is -2.44. The maximum Gasteiger partial charge on any atom is 0.354 e. The molecule has 1 aliphatic heterocycles. The second-order valence-electron chi connectivity index (χ2n) is 3.80. The zero-order chi connectivity index (χ0) is 16.0. The van der Waals surface area contributed by atoms with Crippen LogP contribution in [0.4, 0.5) is 10.3 Å². The summed E-state index contributed by atoms with van der Waals surface area (Å²) in [6, 6.07) is 0. The number of rotatable bonds is 2. The second-order valence-corrected chi connectivity index (χ2v) is 3.80. The van der Waals surface area contributed by atoms with Crippen molar-refractivity contribution in [1.82, 2.24) is 14.5 Å². The van der Waals surface area contributed by atoms with Crippen molar-refractivity contribution in [3.63, 3.8) is 0 Å². The number of aliphatic hydroxyl groups is 2. The third-order valence-electron chi connectivity index (χ3n) is 2.70. The van der Waals surface area contributed by atoms with E-state index in [0.717, 1.165) is 6.33 Å². The summed E-state index contributed by atoms with van der Waals surface area (Å²) in [6.07, 6.45) is -0.320. The number of nitrogens with two attached hydrogens (primary N) is 1. The molecule has 0 radical (unpaired) electrons. The van der Waals surface area contributed by atoms with Crippen LogP contribution in [0.5, 0.6) is 0 Å². The smallest absolute Gasteiger partial charge is 0.354 e. The highest BCUT2D eigenvalue weighted by Gasteiger charge is 2.57. The molecule has 2 heterocycles. The molecule has 1 fully saturated rings. The number of anilines is 1. The number of hydrogen-bond acceptors (Lipinski definition) is 7. The molecule has 9 heteroatoms. The van der Waals surface area contributed by atoms with Gasteiger partial charge < -0.3 is 20.7 Å². The molecular formula is C10H11FN4O4. The van der Waals surface area contributed by atoms with Gasteiger partial charge in [0.15, 0.2) is 6.23 Å². The number of nitrogen functional groups attached to an aromatic ring is 1. The molecule has 102 valence electrons. The predicted octanol–water partition coefficient (Wildman–Crippen LogP) is -2.19. The van der Waals surface area contributed by atoms with E-state index in [-0.39, 0.29) is 5.95 Å². The van der Waals surface area contributed by atoms with Crippen molar-refractivity contribution in [2.75, 3.05) is 12.3 Å². The van der Waals surface area contributed by atoms with Crippen LogP contribution < -0.4 is 11.4 Å². The van der Waals surface area contributed by atoms with Gasteiger partial charge in [0.1, 0.15) is 18.5 Å². The van der Waals surface area contributed by atoms with Crippen LogP contribution in [0.25, 0.3) is 0 Å². The van der Waals surface area contributed by atoms with Gasteiger partial charge in [0.25, 0.3) is 0 Å². The lowest BCUT2D eigenvalue weighted by Gasteiger charge is -2.23. The van der Waals surface area contributed by atoms with E-state index in [2.05, 4.69) is 9.97 Å². The highest BCUT2D eigenvalue weighted by atomic mass is 19.1. The lowest BCUT2D eigenvalue weighted by molar-refractivity contribution is -0.0547. The van der Waals surface area contributed by atoms with Gasteiger partial charge in [-0.15, -0.1) is 6.42 Å². The number of alkyl halides is 1. The summed E-state index contributed by atoms with van der Waals surface area (Å²) in [7, 11) is 0. The Kier molecular flexibility index (Phi) is 2.62. The van der Waals surface area contributed by atoms with Crippen LogP contribution in [0.15, 0.2) is 11.1 Å². The topological polar surface area (TPSA) is 123 Å². The Labute approximate surface area is 109 Å². The van der Waals surface area contributed by atoms with Crippen LogP contribution in [-0.2, 0) is 4.74 Å². The van der Waals surface area contributed by atoms with E-state index in [4.69, 9.17) is 19.6 Å². The number of aliphatic hydroxyl groups excluding tert-OH is 1. The van der Waals surface area contributed by atoms with E-state index in [1.54, 1.807) is 5.92 Å². The fourth-order valence-electron chi connectivity index (χ4n) is 1.72. The van der Waals surface area contributed by atoms with Gasteiger partial charge in [-0.25, -0.2) is 14.2 Å². The third kappa shape index (κ3) is 1.95. The maximum absolute atomic E-state index is 14.7. The minimum absolute atomic E-state index is 0.367. The highest BCUT2D eigenvalue weighted by molar-refractivity contribution is 5.20. The van der Waals surface area contributed by atoms with Gasteiger partial charge in [-0.1, -0.05) is 5.92 Å². The summed E-state index contributed by atoms with van der Waals surface area (Å²) in [4.78, 5) is 18.4. The molecule has 0 aromatic carbocycles. The quantitative estimate of drug-likeness (QED) is 0.522. The van der Waals surface area contributed by atoms with Crippen LogP contribution >= 0.6 is 0 Å². The molecular weight excluding hydrogens is 259 g/mol. The van der Waals surface area contributed by atoms with Gasteiger partial charge >= 0.3 is 5.69 Å². The van der Waals surface area contributed by atoms with E-state index in [9.17, 15) is 19.4 Å². The summed E-state index contributed by atoms with van der Waals surface area (Å²) in [5.74, 6) is 1.25. The predicted molar refractivity (Wildman–Crippen MR) is 60.4 cm³/mol. The average molecular weight is 272 g/mol. The Hall–Kier alpha value is -2.02. The molecule has 1 saturated heterocycles. The van der Waals surface area contributed by atoms with Gasteiger partial charge in [-0.2, -0.15) is 4.98 Å². The Balaban J connectivity index is 2.53. The van der Waals surface area contributed by atoms with Crippen LogP contribution in [0.2, 0.25) is 0 Å². The molecule has 19 heavy (non-hydrogen) atoms. The lowest BCUT2D eigenvalue weighted by atomic mass is 9.97. The Bertz CT molecular complexity index is 658. The van der Waals surface area contributed by atoms with Crippen molar-refractivity contribution in [3.8, 4) is 12.3 Å². The normalized spacial score (nSPS) is 36.4. The number of aromatic nitrogens is 3. The fourth-order valence-corrected chi connectivity index (χ4v) is 1.72. The number of hydrogen-bond donors (Lipinski definition) is 3. The summed E-state index contributed by atoms with van der Waals surface area (Å²) < 4.78 is 34.4. The second kappa shape index (κ2) is 4.58. The molecule has 2 rings (SSSR count). The fraction of sp³-hybridized carbons (Fsp3) is 0.500. The highest BCUT2D eigenvalue weighted by Crippen LogP contribution is 2.40. The molecule has 0 aliphatic carbocycles. The van der Waals surface area contributed by atoms with E-state index in [1.807, 2.05) is 0 Å². The molecule has 1 unspecified atom stereocenters. The van der Waals surface area contributed by atoms with Gasteiger partial charge in [-0.3, -0.25) is 4.57 Å². The number of halogens is 1. The first-order valence-electron chi connectivity index (χ1n) is 6.04. The zero-order valence-electron chi connectivity index (χ0n) is 11.4. The van der Waals surface area contributed by atoms with Crippen molar-refractivity contribution in [3.05, 3.63) is 16.8 Å². The number of terminal acetylenes is 1. The Morgan fingerprint density at radius 1 is 1.84 bits per heavy atom. The Morgan fingerprint density at radius 3 is 3.05 bits per heavy atom. The first-order valence-corrected chi connectivity index (χ1v) is 5.04. The first kappa shape index (κ1) is 10.9. The molecule has 0 spiro atoms. The Morgan fingerprint density at radius 2 is 2.53 bits per heavy atom. The SMILES string of the molecule is [2H]C([2H])(O)[C@H]1O[C@@H](n2cnc(N)nc2=O)C(F)(C#C)[C@H]1O. The monoisotopic (exact) mass is 272 g/mol. The summed E-state index contributed by atoms with van der Waals surface area (Å²) in [6.45, 7) is -3.08. The van der Waals surface area contributed by atoms with E-state index < -0.39 is 36.4 Å². The summed E-state index contributed by atoms with van der Waals surface area (Å²) >= 11 is 0. The minimum Gasteiger partial charge on any atom is -0.394 e. The molecule has 8 nitrogen and oxygen atoms in total. The maximum atomic E-state index is 14.7.